The third-order valence-electron chi connectivity index (χ3n) is 2.96. The van der Waals surface area contributed by atoms with Crippen molar-refractivity contribution in [1.29, 1.82) is 0 Å². The molecule has 1 N–H and O–H groups in total. The molecule has 0 bridgehead atoms. The lowest BCUT2D eigenvalue weighted by atomic mass is 10.1. The van der Waals surface area contributed by atoms with Gasteiger partial charge in [-0.05, 0) is 33.2 Å². The Balaban J connectivity index is 4.02. The first-order valence-electron chi connectivity index (χ1n) is 6.06. The van der Waals surface area contributed by atoms with Crippen LogP contribution in [0.1, 0.15) is 41.5 Å². The van der Waals surface area contributed by atoms with Gasteiger partial charge in [0.1, 0.15) is 0 Å². The molecule has 2 heteroatoms. The molecule has 0 aliphatic carbocycles. The van der Waals surface area contributed by atoms with E-state index in [-0.39, 0.29) is 0 Å². The van der Waals surface area contributed by atoms with E-state index in [1.54, 1.807) is 0 Å². The Bertz CT molecular complexity index is 185. The van der Waals surface area contributed by atoms with Crippen LogP contribution in [-0.2, 0) is 0 Å². The normalized spacial score (nSPS) is 13.7. The Labute approximate surface area is 95.7 Å². The zero-order valence-corrected chi connectivity index (χ0v) is 11.3. The van der Waals surface area contributed by atoms with Crippen LogP contribution < -0.4 is 5.32 Å². The molecule has 0 aromatic heterocycles. The number of likely N-dealkylation sites (N-methyl/N-ethyl adjacent to an activating group) is 1. The standard InChI is InChI=1S/C13H28N2/c1-8-15(11(4)5)9-12(6)14-13(7)10(2)3/h10-11,13-14H,6,8-9H2,1-5,7H3. The fraction of sp³-hybridized carbons (Fsp3) is 0.846. The van der Waals surface area contributed by atoms with Crippen LogP contribution in [0.5, 0.6) is 0 Å². The Hall–Kier alpha value is -0.500. The van der Waals surface area contributed by atoms with Crippen LogP contribution in [-0.4, -0.2) is 30.1 Å². The lowest BCUT2D eigenvalue weighted by Gasteiger charge is -2.28. The monoisotopic (exact) mass is 212 g/mol. The lowest BCUT2D eigenvalue weighted by Crippen LogP contribution is -2.38. The van der Waals surface area contributed by atoms with Crippen molar-refractivity contribution in [2.24, 2.45) is 5.92 Å². The molecule has 0 aliphatic rings. The average Bonchev–Trinajstić information content (AvgIpc) is 2.13. The Morgan fingerprint density at radius 3 is 2.07 bits per heavy atom. The van der Waals surface area contributed by atoms with E-state index in [1.165, 1.54) is 0 Å². The van der Waals surface area contributed by atoms with E-state index in [9.17, 15) is 0 Å². The second-order valence-electron chi connectivity index (χ2n) is 4.94. The molecule has 0 rings (SSSR count). The number of hydrogen-bond donors (Lipinski definition) is 1. The smallest absolute Gasteiger partial charge is 0.0378 e. The van der Waals surface area contributed by atoms with Gasteiger partial charge in [0.2, 0.25) is 0 Å². The minimum absolute atomic E-state index is 0.503. The minimum Gasteiger partial charge on any atom is -0.385 e. The molecule has 0 heterocycles. The number of rotatable bonds is 7. The third kappa shape index (κ3) is 5.83. The van der Waals surface area contributed by atoms with Crippen LogP contribution in [0.15, 0.2) is 12.3 Å². The first-order valence-corrected chi connectivity index (χ1v) is 6.06. The van der Waals surface area contributed by atoms with Gasteiger partial charge in [0.05, 0.1) is 0 Å². The summed E-state index contributed by atoms with van der Waals surface area (Å²) in [7, 11) is 0. The van der Waals surface area contributed by atoms with E-state index in [4.69, 9.17) is 0 Å². The van der Waals surface area contributed by atoms with E-state index in [2.05, 4.69) is 58.3 Å². The SMILES string of the molecule is C=C(CN(CC)C(C)C)NC(C)C(C)C. The molecule has 0 aromatic rings. The van der Waals surface area contributed by atoms with Gasteiger partial charge in [-0.25, -0.2) is 0 Å². The summed E-state index contributed by atoms with van der Waals surface area (Å²) in [6.45, 7) is 19.4. The predicted octanol–water partition coefficient (Wildman–Crippen LogP) is 2.86. The zero-order chi connectivity index (χ0) is 12.0. The van der Waals surface area contributed by atoms with E-state index in [1.807, 2.05) is 0 Å². The van der Waals surface area contributed by atoms with E-state index in [0.29, 0.717) is 18.0 Å². The molecule has 2 nitrogen and oxygen atoms in total. The van der Waals surface area contributed by atoms with Crippen LogP contribution in [0, 0.1) is 5.92 Å². The van der Waals surface area contributed by atoms with Crippen molar-refractivity contribution in [1.82, 2.24) is 10.2 Å². The van der Waals surface area contributed by atoms with E-state index < -0.39 is 0 Å². The highest BCUT2D eigenvalue weighted by molar-refractivity contribution is 4.97. The Kier molecular flexibility index (Phi) is 6.66. The van der Waals surface area contributed by atoms with Crippen LogP contribution >= 0.6 is 0 Å². The molecule has 1 unspecified atom stereocenters. The van der Waals surface area contributed by atoms with Gasteiger partial charge in [-0.15, -0.1) is 0 Å². The van der Waals surface area contributed by atoms with Gasteiger partial charge >= 0.3 is 0 Å². The van der Waals surface area contributed by atoms with Gasteiger partial charge in [0.15, 0.2) is 0 Å². The summed E-state index contributed by atoms with van der Waals surface area (Å²) in [5.41, 5.74) is 1.13. The maximum Gasteiger partial charge on any atom is 0.0378 e. The average molecular weight is 212 g/mol. The second kappa shape index (κ2) is 6.89. The first kappa shape index (κ1) is 14.5. The molecule has 0 radical (unpaired) electrons. The van der Waals surface area contributed by atoms with Crippen molar-refractivity contribution in [3.8, 4) is 0 Å². The van der Waals surface area contributed by atoms with Crippen molar-refractivity contribution < 1.29 is 0 Å². The summed E-state index contributed by atoms with van der Waals surface area (Å²) in [5.74, 6) is 0.649. The summed E-state index contributed by atoms with van der Waals surface area (Å²) >= 11 is 0. The molecule has 0 spiro atoms. The predicted molar refractivity (Wildman–Crippen MR) is 69.0 cm³/mol. The molecule has 0 aromatic carbocycles. The largest absolute Gasteiger partial charge is 0.385 e. The van der Waals surface area contributed by atoms with Crippen LogP contribution in [0.4, 0.5) is 0 Å². The topological polar surface area (TPSA) is 15.3 Å². The summed E-state index contributed by atoms with van der Waals surface area (Å²) in [4.78, 5) is 2.41. The van der Waals surface area contributed by atoms with Crippen molar-refractivity contribution >= 4 is 0 Å². The summed E-state index contributed by atoms with van der Waals surface area (Å²) < 4.78 is 0. The number of hydrogen-bond acceptors (Lipinski definition) is 2. The van der Waals surface area contributed by atoms with Gasteiger partial charge in [-0.3, -0.25) is 4.90 Å². The molecule has 1 atom stereocenters. The van der Waals surface area contributed by atoms with Gasteiger partial charge in [0, 0.05) is 24.3 Å². The molecule has 0 fully saturated rings. The van der Waals surface area contributed by atoms with Gasteiger partial charge < -0.3 is 5.32 Å². The highest BCUT2D eigenvalue weighted by Gasteiger charge is 2.11. The molecule has 0 amide bonds. The fourth-order valence-electron chi connectivity index (χ4n) is 1.44. The van der Waals surface area contributed by atoms with Gasteiger partial charge in [0.25, 0.3) is 0 Å². The van der Waals surface area contributed by atoms with Crippen LogP contribution in [0.2, 0.25) is 0 Å². The minimum atomic E-state index is 0.503. The Morgan fingerprint density at radius 2 is 1.73 bits per heavy atom. The van der Waals surface area contributed by atoms with Crippen molar-refractivity contribution in [3.05, 3.63) is 12.3 Å². The van der Waals surface area contributed by atoms with E-state index in [0.717, 1.165) is 18.8 Å². The molecule has 0 aliphatic heterocycles. The molecular weight excluding hydrogens is 184 g/mol. The zero-order valence-electron chi connectivity index (χ0n) is 11.3. The maximum atomic E-state index is 4.09. The van der Waals surface area contributed by atoms with Crippen LogP contribution in [0.25, 0.3) is 0 Å². The number of nitrogens with zero attached hydrogens (tertiary/aromatic N) is 1. The molecule has 15 heavy (non-hydrogen) atoms. The highest BCUT2D eigenvalue weighted by atomic mass is 15.2. The Morgan fingerprint density at radius 1 is 1.20 bits per heavy atom. The fourth-order valence-corrected chi connectivity index (χ4v) is 1.44. The van der Waals surface area contributed by atoms with Crippen molar-refractivity contribution in [2.75, 3.05) is 13.1 Å². The molecular formula is C13H28N2. The summed E-state index contributed by atoms with van der Waals surface area (Å²) in [6.07, 6.45) is 0. The molecule has 0 saturated carbocycles. The van der Waals surface area contributed by atoms with Crippen LogP contribution in [0.3, 0.4) is 0 Å². The van der Waals surface area contributed by atoms with Crippen molar-refractivity contribution in [3.63, 3.8) is 0 Å². The van der Waals surface area contributed by atoms with Gasteiger partial charge in [-0.1, -0.05) is 27.4 Å². The molecule has 0 saturated heterocycles. The highest BCUT2D eigenvalue weighted by Crippen LogP contribution is 2.05. The van der Waals surface area contributed by atoms with E-state index >= 15 is 0 Å². The second-order valence-corrected chi connectivity index (χ2v) is 4.94. The van der Waals surface area contributed by atoms with Crippen molar-refractivity contribution in [2.45, 2.75) is 53.6 Å². The quantitative estimate of drug-likeness (QED) is 0.698. The number of nitrogens with one attached hydrogen (secondary N) is 1. The lowest BCUT2D eigenvalue weighted by molar-refractivity contribution is 0.246. The third-order valence-corrected chi connectivity index (χ3v) is 2.96. The van der Waals surface area contributed by atoms with Gasteiger partial charge in [-0.2, -0.15) is 0 Å². The maximum absolute atomic E-state index is 4.09. The first-order chi connectivity index (χ1) is 6.88. The molecule has 90 valence electrons. The summed E-state index contributed by atoms with van der Waals surface area (Å²) in [6, 6.07) is 1.09. The summed E-state index contributed by atoms with van der Waals surface area (Å²) in [5, 5.41) is 3.46.